The molecule has 21 heavy (non-hydrogen) atoms. The average Bonchev–Trinajstić information content (AvgIpc) is 2.46. The fraction of sp³-hybridized carbons (Fsp3) is 0.600. The number of nitrogens with two attached hydrogens (primary N) is 1. The number of hydrogen-bond donors (Lipinski definition) is 3. The molecule has 1 aromatic rings. The summed E-state index contributed by atoms with van der Waals surface area (Å²) < 4.78 is 36.7. The molecular weight excluding hydrogens is 281 g/mol. The van der Waals surface area contributed by atoms with Crippen LogP contribution in [0.15, 0.2) is 30.3 Å². The number of benzene rings is 1. The lowest BCUT2D eigenvalue weighted by Crippen LogP contribution is -3.13. The van der Waals surface area contributed by atoms with Gasteiger partial charge in [0.05, 0.1) is 19.1 Å². The second-order valence-electron chi connectivity index (χ2n) is 5.78. The van der Waals surface area contributed by atoms with Gasteiger partial charge in [0.25, 0.3) is 0 Å². The van der Waals surface area contributed by atoms with Gasteiger partial charge in [-0.15, -0.1) is 0 Å². The van der Waals surface area contributed by atoms with Gasteiger partial charge in [0.1, 0.15) is 13.1 Å². The van der Waals surface area contributed by atoms with Crippen LogP contribution in [0.25, 0.3) is 0 Å². The first-order chi connectivity index (χ1) is 9.95. The normalized spacial score (nSPS) is 24.8. The summed E-state index contributed by atoms with van der Waals surface area (Å²) >= 11 is 0. The van der Waals surface area contributed by atoms with Crippen LogP contribution >= 0.6 is 0 Å². The average molecular weight is 304 g/mol. The van der Waals surface area contributed by atoms with E-state index in [0.717, 1.165) is 32.5 Å². The van der Waals surface area contributed by atoms with Crippen molar-refractivity contribution in [3.63, 3.8) is 0 Å². The monoisotopic (exact) mass is 304 g/mol. The first kappa shape index (κ1) is 16.3. The Morgan fingerprint density at radius 2 is 1.81 bits per heavy atom. The zero-order chi connectivity index (χ0) is 15.3. The van der Waals surface area contributed by atoms with Crippen molar-refractivity contribution in [3.8, 4) is 0 Å². The number of rotatable bonds is 5. The molecule has 3 nitrogen and oxygen atoms in total. The fourth-order valence-electron chi connectivity index (χ4n) is 2.80. The number of alkyl halides is 3. The van der Waals surface area contributed by atoms with Gasteiger partial charge in [0.2, 0.25) is 0 Å². The van der Waals surface area contributed by atoms with E-state index in [1.807, 2.05) is 18.2 Å². The van der Waals surface area contributed by atoms with Crippen LogP contribution in [-0.2, 0) is 6.54 Å². The first-order valence-electron chi connectivity index (χ1n) is 7.41. The maximum Gasteiger partial charge on any atom is 0.419 e. The summed E-state index contributed by atoms with van der Waals surface area (Å²) in [6.45, 7) is 2.62. The molecule has 1 fully saturated rings. The quantitative estimate of drug-likeness (QED) is 0.688. The highest BCUT2D eigenvalue weighted by molar-refractivity contribution is 5.13. The van der Waals surface area contributed by atoms with E-state index in [0.29, 0.717) is 0 Å². The van der Waals surface area contributed by atoms with Crippen LogP contribution in [0.3, 0.4) is 0 Å². The van der Waals surface area contributed by atoms with Gasteiger partial charge in [-0.05, 0) is 0 Å². The molecule has 0 unspecified atom stereocenters. The summed E-state index contributed by atoms with van der Waals surface area (Å²) in [4.78, 5) is 1.47. The van der Waals surface area contributed by atoms with Crippen molar-refractivity contribution >= 4 is 0 Å². The van der Waals surface area contributed by atoms with E-state index >= 15 is 0 Å². The van der Waals surface area contributed by atoms with Crippen molar-refractivity contribution in [2.24, 2.45) is 0 Å². The van der Waals surface area contributed by atoms with Crippen LogP contribution in [0.4, 0.5) is 13.2 Å². The van der Waals surface area contributed by atoms with Gasteiger partial charge in [0, 0.05) is 18.4 Å². The van der Waals surface area contributed by atoms with Crippen LogP contribution < -0.4 is 10.2 Å². The number of piperidine rings is 1. The molecular formula is C15H23F3N2O+2. The van der Waals surface area contributed by atoms with E-state index in [2.05, 4.69) is 12.1 Å². The van der Waals surface area contributed by atoms with E-state index in [1.165, 1.54) is 10.5 Å². The van der Waals surface area contributed by atoms with Crippen LogP contribution in [0, 0.1) is 0 Å². The Morgan fingerprint density at radius 1 is 1.19 bits per heavy atom. The Bertz CT molecular complexity index is 417. The van der Waals surface area contributed by atoms with E-state index in [-0.39, 0.29) is 12.6 Å². The highest BCUT2D eigenvalue weighted by Gasteiger charge is 2.40. The number of likely N-dealkylation sites (tertiary alicyclic amines) is 1. The van der Waals surface area contributed by atoms with Gasteiger partial charge in [-0.1, -0.05) is 30.3 Å². The maximum atomic E-state index is 12.2. The minimum absolute atomic E-state index is 0.196. The van der Waals surface area contributed by atoms with Crippen LogP contribution in [0.1, 0.15) is 18.4 Å². The molecule has 1 atom stereocenters. The first-order valence-corrected chi connectivity index (χ1v) is 7.41. The third kappa shape index (κ3) is 5.30. The van der Waals surface area contributed by atoms with Crippen molar-refractivity contribution < 1.29 is 28.5 Å². The smallest absolute Gasteiger partial charge is 0.379 e. The molecule has 1 heterocycles. The van der Waals surface area contributed by atoms with Crippen molar-refractivity contribution in [1.82, 2.24) is 0 Å². The summed E-state index contributed by atoms with van der Waals surface area (Å²) in [5, 5.41) is 10.7. The zero-order valence-corrected chi connectivity index (χ0v) is 11.9. The third-order valence-corrected chi connectivity index (χ3v) is 4.10. The minimum Gasteiger partial charge on any atom is -0.379 e. The molecule has 0 bridgehead atoms. The van der Waals surface area contributed by atoms with Gasteiger partial charge in [0.15, 0.2) is 6.10 Å². The predicted octanol–water partition coefficient (Wildman–Crippen LogP) is -0.279. The Labute approximate surface area is 122 Å². The molecule has 0 amide bonds. The van der Waals surface area contributed by atoms with Gasteiger partial charge in [-0.25, -0.2) is 0 Å². The van der Waals surface area contributed by atoms with E-state index in [4.69, 9.17) is 5.11 Å². The second-order valence-corrected chi connectivity index (χ2v) is 5.78. The van der Waals surface area contributed by atoms with E-state index in [9.17, 15) is 13.2 Å². The number of aliphatic hydroxyl groups excluding tert-OH is 1. The zero-order valence-electron chi connectivity index (χ0n) is 11.9. The number of hydrogen-bond acceptors (Lipinski definition) is 1. The van der Waals surface area contributed by atoms with Gasteiger partial charge in [-0.2, -0.15) is 13.2 Å². The Balaban J connectivity index is 1.69. The largest absolute Gasteiger partial charge is 0.419 e. The molecule has 0 radical (unpaired) electrons. The number of aliphatic hydroxyl groups is 1. The van der Waals surface area contributed by atoms with Crippen LogP contribution in [-0.4, -0.2) is 43.1 Å². The van der Waals surface area contributed by atoms with Gasteiger partial charge >= 0.3 is 6.18 Å². The molecule has 1 aliphatic heterocycles. The van der Waals surface area contributed by atoms with Crippen LogP contribution in [0.2, 0.25) is 0 Å². The molecule has 0 aliphatic carbocycles. The summed E-state index contributed by atoms with van der Waals surface area (Å²) in [6, 6.07) is 10.4. The van der Waals surface area contributed by atoms with E-state index < -0.39 is 12.3 Å². The molecule has 4 N–H and O–H groups in total. The number of nitrogens with one attached hydrogen (secondary N) is 1. The number of quaternary nitrogens is 2. The molecule has 0 spiro atoms. The molecule has 118 valence electrons. The topological polar surface area (TPSA) is 41.3 Å². The lowest BCUT2D eigenvalue weighted by atomic mass is 10.0. The molecule has 1 aromatic carbocycles. The summed E-state index contributed by atoms with van der Waals surface area (Å²) in [6.07, 6.45) is -4.93. The van der Waals surface area contributed by atoms with Crippen LogP contribution in [0.5, 0.6) is 0 Å². The van der Waals surface area contributed by atoms with Gasteiger partial charge < -0.3 is 15.3 Å². The number of halogens is 3. The molecule has 1 saturated heterocycles. The third-order valence-electron chi connectivity index (χ3n) is 4.10. The summed E-state index contributed by atoms with van der Waals surface area (Å²) in [7, 11) is 0. The van der Waals surface area contributed by atoms with E-state index in [1.54, 1.807) is 5.32 Å². The fourth-order valence-corrected chi connectivity index (χ4v) is 2.80. The Hall–Kier alpha value is -1.11. The highest BCUT2D eigenvalue weighted by atomic mass is 19.4. The molecule has 6 heteroatoms. The van der Waals surface area contributed by atoms with Crippen molar-refractivity contribution in [1.29, 1.82) is 0 Å². The van der Waals surface area contributed by atoms with Crippen molar-refractivity contribution in [2.45, 2.75) is 37.7 Å². The molecule has 2 rings (SSSR count). The SMILES string of the molecule is O[C@H](C[NH2+]C1CC[NH+](Cc2ccccc2)CC1)C(F)(F)F. The predicted molar refractivity (Wildman–Crippen MR) is 72.7 cm³/mol. The van der Waals surface area contributed by atoms with Gasteiger partial charge in [-0.3, -0.25) is 0 Å². The van der Waals surface area contributed by atoms with Crippen molar-refractivity contribution in [2.75, 3.05) is 19.6 Å². The Kier molecular flexibility index (Phi) is 5.61. The molecule has 0 saturated carbocycles. The molecule has 1 aliphatic rings. The summed E-state index contributed by atoms with van der Waals surface area (Å²) in [5.74, 6) is 0. The lowest BCUT2D eigenvalue weighted by Gasteiger charge is -2.28. The standard InChI is InChI=1S/C15H21F3N2O/c16-15(17,18)14(21)10-19-13-6-8-20(9-7-13)11-12-4-2-1-3-5-12/h1-5,13-14,19,21H,6-11H2/p+2/t14-/m1/s1. The lowest BCUT2D eigenvalue weighted by molar-refractivity contribution is -0.926. The second kappa shape index (κ2) is 7.24. The molecule has 0 aromatic heterocycles. The summed E-state index contributed by atoms with van der Waals surface area (Å²) in [5.41, 5.74) is 1.29. The maximum absolute atomic E-state index is 12.2. The minimum atomic E-state index is -4.50. The Morgan fingerprint density at radius 3 is 2.38 bits per heavy atom. The van der Waals surface area contributed by atoms with Crippen molar-refractivity contribution in [3.05, 3.63) is 35.9 Å². The highest BCUT2D eigenvalue weighted by Crippen LogP contribution is 2.18.